The summed E-state index contributed by atoms with van der Waals surface area (Å²) in [5.74, 6) is 2.13. The van der Waals surface area contributed by atoms with Crippen LogP contribution in [0, 0.1) is 6.92 Å². The number of fused-ring (bicyclic) bond motifs is 1. The van der Waals surface area contributed by atoms with E-state index in [9.17, 15) is 4.79 Å². The maximum Gasteiger partial charge on any atom is 0.239 e. The second kappa shape index (κ2) is 7.84. The molecule has 1 aliphatic carbocycles. The van der Waals surface area contributed by atoms with Crippen molar-refractivity contribution < 1.29 is 6.17 Å². The fourth-order valence-corrected chi connectivity index (χ4v) is 4.06. The standard InChI is InChI=1S/C21H27N9O/c1-4-30-19(13-8-22-12(2)23-9-13)28-17-18(25-11-26-20(17)30)27-14-7-16(24-10-14)21(31)29(3)15-5-6-15/h8-9,11,14-16,24H,4-7,10H2,1-3H3,(H,25,26,27)/t14?,16-/m0/s1/i3D. The Kier molecular flexibility index (Phi) is 4.71. The lowest BCUT2D eigenvalue weighted by Crippen LogP contribution is -2.42. The predicted molar refractivity (Wildman–Crippen MR) is 116 cm³/mol. The molecule has 5 rings (SSSR count). The highest BCUT2D eigenvalue weighted by Crippen LogP contribution is 2.29. The zero-order valence-electron chi connectivity index (χ0n) is 18.7. The maximum absolute atomic E-state index is 12.8. The van der Waals surface area contributed by atoms with Crippen LogP contribution in [0.4, 0.5) is 5.82 Å². The zero-order chi connectivity index (χ0) is 22.2. The summed E-state index contributed by atoms with van der Waals surface area (Å²) in [5.41, 5.74) is 2.25. The van der Waals surface area contributed by atoms with E-state index in [0.29, 0.717) is 36.7 Å². The molecule has 10 nitrogen and oxygen atoms in total. The molecule has 0 bridgehead atoms. The number of aromatic nitrogens is 6. The second-order valence-corrected chi connectivity index (χ2v) is 8.17. The van der Waals surface area contributed by atoms with E-state index in [1.54, 1.807) is 17.3 Å². The third-order valence-corrected chi connectivity index (χ3v) is 5.93. The van der Waals surface area contributed by atoms with Gasteiger partial charge in [0.05, 0.1) is 11.6 Å². The van der Waals surface area contributed by atoms with Crippen molar-refractivity contribution in [1.29, 1.82) is 0 Å². The van der Waals surface area contributed by atoms with E-state index in [2.05, 4.69) is 30.6 Å². The number of nitrogens with one attached hydrogen (secondary N) is 2. The van der Waals surface area contributed by atoms with E-state index in [0.717, 1.165) is 29.9 Å². The summed E-state index contributed by atoms with van der Waals surface area (Å²) in [6.45, 7) is 5.24. The van der Waals surface area contributed by atoms with E-state index < -0.39 is 0 Å². The van der Waals surface area contributed by atoms with Crippen molar-refractivity contribution >= 4 is 22.9 Å². The van der Waals surface area contributed by atoms with Gasteiger partial charge in [-0.15, -0.1) is 0 Å². The largest absolute Gasteiger partial charge is 0.364 e. The fraction of sp³-hybridized carbons (Fsp3) is 0.524. The van der Waals surface area contributed by atoms with Gasteiger partial charge in [0.1, 0.15) is 18.0 Å². The van der Waals surface area contributed by atoms with Crippen molar-refractivity contribution in [3.63, 3.8) is 0 Å². The third kappa shape index (κ3) is 3.71. The molecule has 2 atom stereocenters. The lowest BCUT2D eigenvalue weighted by atomic mass is 10.1. The number of nitrogens with zero attached hydrogens (tertiary/aromatic N) is 7. The van der Waals surface area contributed by atoms with Crippen LogP contribution in [0.3, 0.4) is 0 Å². The predicted octanol–water partition coefficient (Wildman–Crippen LogP) is 1.37. The molecule has 1 aliphatic heterocycles. The van der Waals surface area contributed by atoms with Crippen LogP contribution in [0.15, 0.2) is 18.7 Å². The van der Waals surface area contributed by atoms with E-state index in [1.165, 1.54) is 6.33 Å². The molecule has 3 aromatic heterocycles. The molecular weight excluding hydrogens is 394 g/mol. The average Bonchev–Trinajstić information content (AvgIpc) is 3.39. The van der Waals surface area contributed by atoms with Gasteiger partial charge in [-0.1, -0.05) is 0 Å². The minimum Gasteiger partial charge on any atom is -0.364 e. The Morgan fingerprint density at radius 2 is 2.13 bits per heavy atom. The fourth-order valence-electron chi connectivity index (χ4n) is 4.06. The first-order valence-corrected chi connectivity index (χ1v) is 10.7. The van der Waals surface area contributed by atoms with Gasteiger partial charge in [-0.2, -0.15) is 0 Å². The van der Waals surface area contributed by atoms with Crippen molar-refractivity contribution in [2.75, 3.05) is 18.9 Å². The van der Waals surface area contributed by atoms with Crippen LogP contribution < -0.4 is 10.6 Å². The molecule has 0 radical (unpaired) electrons. The number of amides is 1. The summed E-state index contributed by atoms with van der Waals surface area (Å²) in [5, 5.41) is 6.77. The van der Waals surface area contributed by atoms with Crippen molar-refractivity contribution in [3.8, 4) is 11.4 Å². The zero-order valence-corrected chi connectivity index (χ0v) is 17.7. The highest BCUT2D eigenvalue weighted by atomic mass is 16.2. The molecule has 31 heavy (non-hydrogen) atoms. The Labute approximate surface area is 181 Å². The second-order valence-electron chi connectivity index (χ2n) is 8.17. The summed E-state index contributed by atoms with van der Waals surface area (Å²) in [6.07, 6.45) is 7.73. The monoisotopic (exact) mass is 422 g/mol. The number of carbonyl (C=O) groups is 1. The van der Waals surface area contributed by atoms with Crippen LogP contribution in [0.5, 0.6) is 0 Å². The molecule has 2 aliphatic rings. The maximum atomic E-state index is 12.8. The smallest absolute Gasteiger partial charge is 0.239 e. The van der Waals surface area contributed by atoms with Gasteiger partial charge in [0, 0.05) is 46.0 Å². The minimum atomic E-state index is -0.274. The SMILES string of the molecule is [2H]CN(C(=O)[C@@H]1CC(Nc2ncnc3c2nc(-c2cnc(C)nc2)n3CC)CN1)C1CC1. The molecule has 10 heteroatoms. The lowest BCUT2D eigenvalue weighted by molar-refractivity contribution is -0.132. The van der Waals surface area contributed by atoms with E-state index in [1.807, 2.05) is 18.4 Å². The van der Waals surface area contributed by atoms with Crippen molar-refractivity contribution in [1.82, 2.24) is 39.7 Å². The molecule has 3 aromatic rings. The minimum absolute atomic E-state index is 0.0201. The van der Waals surface area contributed by atoms with Crippen LogP contribution in [0.25, 0.3) is 22.6 Å². The molecule has 1 amide bonds. The highest BCUT2D eigenvalue weighted by Gasteiger charge is 2.37. The Hall–Kier alpha value is -3.14. The number of rotatable bonds is 6. The number of anilines is 1. The number of hydrogen-bond donors (Lipinski definition) is 2. The lowest BCUT2D eigenvalue weighted by Gasteiger charge is -2.20. The topological polar surface area (TPSA) is 114 Å². The molecule has 0 spiro atoms. The van der Waals surface area contributed by atoms with Crippen LogP contribution in [-0.2, 0) is 11.3 Å². The van der Waals surface area contributed by atoms with Crippen LogP contribution >= 0.6 is 0 Å². The van der Waals surface area contributed by atoms with E-state index in [4.69, 9.17) is 6.35 Å². The van der Waals surface area contributed by atoms with Gasteiger partial charge in [-0.25, -0.2) is 24.9 Å². The number of carbonyl (C=O) groups excluding carboxylic acids is 1. The molecular formula is C21H27N9O. The molecule has 2 N–H and O–H groups in total. The molecule has 2 fully saturated rings. The summed E-state index contributed by atoms with van der Waals surface area (Å²) >= 11 is 0. The van der Waals surface area contributed by atoms with Gasteiger partial charge in [0.25, 0.3) is 0 Å². The van der Waals surface area contributed by atoms with Crippen molar-refractivity contribution in [2.24, 2.45) is 0 Å². The van der Waals surface area contributed by atoms with Gasteiger partial charge >= 0.3 is 0 Å². The molecule has 162 valence electrons. The van der Waals surface area contributed by atoms with Gasteiger partial charge in [0.15, 0.2) is 17.0 Å². The number of aryl methyl sites for hydroxylation is 2. The van der Waals surface area contributed by atoms with E-state index >= 15 is 0 Å². The Bertz CT molecular complexity index is 1130. The van der Waals surface area contributed by atoms with Crippen molar-refractivity contribution in [3.05, 3.63) is 24.5 Å². The number of imidazole rings is 1. The van der Waals surface area contributed by atoms with E-state index in [-0.39, 0.29) is 31.1 Å². The molecule has 4 heterocycles. The van der Waals surface area contributed by atoms with Gasteiger partial charge in [0.2, 0.25) is 5.91 Å². The summed E-state index contributed by atoms with van der Waals surface area (Å²) in [4.78, 5) is 36.8. The number of likely N-dealkylation sites (N-methyl/N-ethyl adjacent to an activating group) is 1. The molecule has 1 unspecified atom stereocenters. The first-order valence-electron chi connectivity index (χ1n) is 11.4. The Morgan fingerprint density at radius 1 is 1.32 bits per heavy atom. The first-order chi connectivity index (χ1) is 15.6. The summed E-state index contributed by atoms with van der Waals surface area (Å²) in [6, 6.07) is 0.00787. The summed E-state index contributed by atoms with van der Waals surface area (Å²) in [7, 11) is 0.0201. The molecule has 1 saturated carbocycles. The normalized spacial score (nSPS) is 21.3. The average molecular weight is 423 g/mol. The first kappa shape index (κ1) is 18.6. The van der Waals surface area contributed by atoms with Gasteiger partial charge in [-0.3, -0.25) is 4.79 Å². The van der Waals surface area contributed by atoms with Crippen LogP contribution in [0.1, 0.15) is 33.4 Å². The highest BCUT2D eigenvalue weighted by molar-refractivity contribution is 5.87. The molecule has 1 saturated heterocycles. The quantitative estimate of drug-likeness (QED) is 0.612. The third-order valence-electron chi connectivity index (χ3n) is 5.93. The van der Waals surface area contributed by atoms with Crippen molar-refractivity contribution in [2.45, 2.75) is 57.8 Å². The van der Waals surface area contributed by atoms with Crippen LogP contribution in [-0.4, -0.2) is 72.0 Å². The Morgan fingerprint density at radius 3 is 2.84 bits per heavy atom. The van der Waals surface area contributed by atoms with Crippen LogP contribution in [0.2, 0.25) is 0 Å². The Balaban J connectivity index is 1.38. The number of hydrogen-bond acceptors (Lipinski definition) is 8. The van der Waals surface area contributed by atoms with Gasteiger partial charge in [-0.05, 0) is 33.1 Å². The molecule has 0 aromatic carbocycles. The van der Waals surface area contributed by atoms with Gasteiger partial charge < -0.3 is 20.1 Å². The summed E-state index contributed by atoms with van der Waals surface area (Å²) < 4.78 is 9.72.